The molecule has 1 aliphatic heterocycles. The predicted molar refractivity (Wildman–Crippen MR) is 75.3 cm³/mol. The van der Waals surface area contributed by atoms with E-state index in [-0.39, 0.29) is 5.60 Å². The highest BCUT2D eigenvalue weighted by atomic mass is 16.5. The maximum atomic E-state index is 6.07. The van der Waals surface area contributed by atoms with Crippen molar-refractivity contribution >= 4 is 0 Å². The van der Waals surface area contributed by atoms with E-state index >= 15 is 0 Å². The van der Waals surface area contributed by atoms with Gasteiger partial charge in [-0.1, -0.05) is 12.1 Å². The second-order valence-electron chi connectivity index (χ2n) is 6.35. The van der Waals surface area contributed by atoms with Crippen LogP contribution in [0.2, 0.25) is 0 Å². The lowest BCUT2D eigenvalue weighted by molar-refractivity contribution is -0.0847. The van der Waals surface area contributed by atoms with Crippen molar-refractivity contribution in [1.82, 2.24) is 15.5 Å². The molecule has 1 aromatic rings. The summed E-state index contributed by atoms with van der Waals surface area (Å²) in [6.07, 6.45) is 5.25. The van der Waals surface area contributed by atoms with E-state index in [0.717, 1.165) is 50.0 Å². The molecule has 0 spiro atoms. The fraction of sp³-hybridized carbons (Fsp3) is 0.867. The van der Waals surface area contributed by atoms with E-state index in [2.05, 4.69) is 22.4 Å². The van der Waals surface area contributed by atoms with E-state index in [4.69, 9.17) is 9.26 Å². The number of ether oxygens (including phenoxy) is 1. The second kappa shape index (κ2) is 5.82. The van der Waals surface area contributed by atoms with Gasteiger partial charge in [-0.15, -0.1) is 0 Å². The van der Waals surface area contributed by atoms with Crippen LogP contribution in [-0.2, 0) is 16.8 Å². The van der Waals surface area contributed by atoms with Gasteiger partial charge in [0.15, 0.2) is 0 Å². The summed E-state index contributed by atoms with van der Waals surface area (Å²) in [5.41, 5.74) is -0.305. The van der Waals surface area contributed by atoms with Gasteiger partial charge in [0.1, 0.15) is 5.60 Å². The van der Waals surface area contributed by atoms with Gasteiger partial charge in [0.2, 0.25) is 11.7 Å². The molecule has 1 saturated heterocycles. The first kappa shape index (κ1) is 14.0. The number of aromatic nitrogens is 2. The van der Waals surface area contributed by atoms with Crippen LogP contribution in [0.1, 0.15) is 51.2 Å². The summed E-state index contributed by atoms with van der Waals surface area (Å²) >= 11 is 0. The quantitative estimate of drug-likeness (QED) is 0.896. The molecule has 1 saturated carbocycles. The van der Waals surface area contributed by atoms with E-state index in [0.29, 0.717) is 12.5 Å². The summed E-state index contributed by atoms with van der Waals surface area (Å²) in [4.78, 5) is 4.64. The summed E-state index contributed by atoms with van der Waals surface area (Å²) in [6.45, 7) is 7.17. The molecule has 0 amide bonds. The van der Waals surface area contributed by atoms with Crippen LogP contribution in [0, 0.1) is 11.8 Å². The highest BCUT2D eigenvalue weighted by Gasteiger charge is 2.41. The molecule has 2 heterocycles. The Bertz CT molecular complexity index is 434. The molecule has 2 aliphatic rings. The van der Waals surface area contributed by atoms with Crippen LogP contribution >= 0.6 is 0 Å². The van der Waals surface area contributed by atoms with Crippen molar-refractivity contribution < 1.29 is 9.26 Å². The third-order valence-electron chi connectivity index (χ3n) is 4.71. The largest absolute Gasteiger partial charge is 0.367 e. The van der Waals surface area contributed by atoms with Crippen LogP contribution in [-0.4, -0.2) is 29.8 Å². The van der Waals surface area contributed by atoms with Crippen LogP contribution in [0.5, 0.6) is 0 Å². The maximum Gasteiger partial charge on any atom is 0.227 e. The smallest absolute Gasteiger partial charge is 0.227 e. The number of hydrogen-bond donors (Lipinski definition) is 1. The zero-order chi connectivity index (χ0) is 14.0. The van der Waals surface area contributed by atoms with E-state index in [1.165, 1.54) is 12.8 Å². The molecular formula is C15H25N3O2. The summed E-state index contributed by atoms with van der Waals surface area (Å²) in [6, 6.07) is 0. The van der Waals surface area contributed by atoms with Crippen molar-refractivity contribution in [1.29, 1.82) is 0 Å². The highest BCUT2D eigenvalue weighted by molar-refractivity contribution is 5.04. The minimum Gasteiger partial charge on any atom is -0.367 e. The Morgan fingerprint density at radius 2 is 2.10 bits per heavy atom. The Balaban J connectivity index is 1.73. The third kappa shape index (κ3) is 2.74. The van der Waals surface area contributed by atoms with Gasteiger partial charge in [0.05, 0.1) is 0 Å². The summed E-state index contributed by atoms with van der Waals surface area (Å²) in [5, 5.41) is 7.51. The van der Waals surface area contributed by atoms with Crippen molar-refractivity contribution in [2.45, 2.75) is 51.6 Å². The summed E-state index contributed by atoms with van der Waals surface area (Å²) in [7, 11) is 0. The average Bonchev–Trinajstić information content (AvgIpc) is 2.87. The second-order valence-corrected chi connectivity index (χ2v) is 6.35. The summed E-state index contributed by atoms with van der Waals surface area (Å²) in [5.74, 6) is 2.96. The molecule has 0 aromatic carbocycles. The molecule has 112 valence electrons. The van der Waals surface area contributed by atoms with Gasteiger partial charge < -0.3 is 14.6 Å². The molecule has 1 aliphatic carbocycles. The minimum atomic E-state index is -0.305. The zero-order valence-corrected chi connectivity index (χ0v) is 12.5. The molecule has 2 fully saturated rings. The molecule has 5 nitrogen and oxygen atoms in total. The maximum absolute atomic E-state index is 6.07. The SMILES string of the molecule is CCOC1(c2noc(CC3CNC3)n2)CCC(C)CC1. The van der Waals surface area contributed by atoms with E-state index in [9.17, 15) is 0 Å². The van der Waals surface area contributed by atoms with Crippen LogP contribution in [0.15, 0.2) is 4.52 Å². The van der Waals surface area contributed by atoms with Gasteiger partial charge in [-0.3, -0.25) is 0 Å². The molecule has 0 bridgehead atoms. The molecule has 0 radical (unpaired) electrons. The number of nitrogens with one attached hydrogen (secondary N) is 1. The normalized spacial score (nSPS) is 31.2. The van der Waals surface area contributed by atoms with Gasteiger partial charge >= 0.3 is 0 Å². The van der Waals surface area contributed by atoms with Crippen LogP contribution in [0.3, 0.4) is 0 Å². The van der Waals surface area contributed by atoms with Gasteiger partial charge in [-0.25, -0.2) is 0 Å². The van der Waals surface area contributed by atoms with Crippen LogP contribution in [0.4, 0.5) is 0 Å². The standard InChI is InChI=1S/C15H25N3O2/c1-3-19-15(6-4-11(2)5-7-15)14-17-13(20-18-14)8-12-9-16-10-12/h11-12,16H,3-10H2,1-2H3. The first-order valence-corrected chi connectivity index (χ1v) is 7.89. The lowest BCUT2D eigenvalue weighted by Crippen LogP contribution is -2.43. The van der Waals surface area contributed by atoms with E-state index in [1.807, 2.05) is 6.92 Å². The lowest BCUT2D eigenvalue weighted by Gasteiger charge is -2.36. The molecule has 5 heteroatoms. The van der Waals surface area contributed by atoms with Crippen molar-refractivity contribution in [3.8, 4) is 0 Å². The van der Waals surface area contributed by atoms with Crippen LogP contribution in [0.25, 0.3) is 0 Å². The van der Waals surface area contributed by atoms with Gasteiger partial charge in [0.25, 0.3) is 0 Å². The topological polar surface area (TPSA) is 60.2 Å². The van der Waals surface area contributed by atoms with E-state index in [1.54, 1.807) is 0 Å². The lowest BCUT2D eigenvalue weighted by atomic mass is 9.79. The Labute approximate surface area is 120 Å². The van der Waals surface area contributed by atoms with Gasteiger partial charge in [0, 0.05) is 13.0 Å². The molecule has 0 atom stereocenters. The average molecular weight is 279 g/mol. The van der Waals surface area contributed by atoms with Crippen LogP contribution < -0.4 is 5.32 Å². The number of rotatable bonds is 5. The van der Waals surface area contributed by atoms with Gasteiger partial charge in [-0.05, 0) is 57.5 Å². The third-order valence-corrected chi connectivity index (χ3v) is 4.71. The highest BCUT2D eigenvalue weighted by Crippen LogP contribution is 2.41. The van der Waals surface area contributed by atoms with Gasteiger partial charge in [-0.2, -0.15) is 4.98 Å². The molecule has 3 rings (SSSR count). The Morgan fingerprint density at radius 3 is 2.70 bits per heavy atom. The first-order chi connectivity index (χ1) is 9.72. The Kier molecular flexibility index (Phi) is 4.08. The predicted octanol–water partition coefficient (Wildman–Crippen LogP) is 2.27. The van der Waals surface area contributed by atoms with Crippen molar-refractivity contribution in [2.75, 3.05) is 19.7 Å². The number of nitrogens with zero attached hydrogens (tertiary/aromatic N) is 2. The minimum absolute atomic E-state index is 0.305. The molecule has 1 aromatic heterocycles. The first-order valence-electron chi connectivity index (χ1n) is 7.89. The Morgan fingerprint density at radius 1 is 1.35 bits per heavy atom. The monoisotopic (exact) mass is 279 g/mol. The van der Waals surface area contributed by atoms with Crippen molar-refractivity contribution in [3.05, 3.63) is 11.7 Å². The Hall–Kier alpha value is -0.940. The van der Waals surface area contributed by atoms with Crippen molar-refractivity contribution in [3.63, 3.8) is 0 Å². The van der Waals surface area contributed by atoms with Crippen molar-refractivity contribution in [2.24, 2.45) is 11.8 Å². The fourth-order valence-corrected chi connectivity index (χ4v) is 3.20. The molecule has 0 unspecified atom stereocenters. The number of hydrogen-bond acceptors (Lipinski definition) is 5. The van der Waals surface area contributed by atoms with E-state index < -0.39 is 0 Å². The molecule has 20 heavy (non-hydrogen) atoms. The fourth-order valence-electron chi connectivity index (χ4n) is 3.20. The molecule has 1 N–H and O–H groups in total. The summed E-state index contributed by atoms with van der Waals surface area (Å²) < 4.78 is 11.5. The molecular weight excluding hydrogens is 254 g/mol. The zero-order valence-electron chi connectivity index (χ0n) is 12.5.